The van der Waals surface area contributed by atoms with E-state index in [2.05, 4.69) is 5.32 Å². The van der Waals surface area contributed by atoms with Gasteiger partial charge in [-0.3, -0.25) is 14.4 Å². The molecule has 2 aromatic carbocycles. The summed E-state index contributed by atoms with van der Waals surface area (Å²) in [6, 6.07) is 16.4. The Morgan fingerprint density at radius 2 is 1.31 bits per heavy atom. The average Bonchev–Trinajstić information content (AvgIpc) is 2.84. The lowest BCUT2D eigenvalue weighted by Gasteiger charge is -2.15. The zero-order valence-corrected chi connectivity index (χ0v) is 18.2. The van der Waals surface area contributed by atoms with Gasteiger partial charge in [0.1, 0.15) is 6.04 Å². The summed E-state index contributed by atoms with van der Waals surface area (Å²) < 4.78 is 9.61. The van der Waals surface area contributed by atoms with Crippen molar-refractivity contribution in [2.45, 2.75) is 25.3 Å². The van der Waals surface area contributed by atoms with Crippen molar-refractivity contribution in [2.75, 3.05) is 14.2 Å². The molecule has 0 aliphatic heterocycles. The van der Waals surface area contributed by atoms with Crippen molar-refractivity contribution < 1.29 is 28.7 Å². The number of esters is 2. The molecule has 7 heteroatoms. The van der Waals surface area contributed by atoms with Crippen molar-refractivity contribution >= 4 is 23.6 Å². The molecule has 1 amide bonds. The Morgan fingerprint density at radius 1 is 0.781 bits per heavy atom. The summed E-state index contributed by atoms with van der Waals surface area (Å²) in [5, 5.41) is 2.65. The van der Waals surface area contributed by atoms with Crippen LogP contribution in [0.15, 0.2) is 72.8 Å². The molecule has 2 atom stereocenters. The second-order valence-corrected chi connectivity index (χ2v) is 7.07. The first-order valence-electron chi connectivity index (χ1n) is 10.2. The number of carbonyl (C=O) groups is 4. The number of rotatable bonds is 11. The molecule has 7 nitrogen and oxygen atoms in total. The maximum Gasteiger partial charge on any atom is 0.328 e. The number of ketones is 1. The second-order valence-electron chi connectivity index (χ2n) is 7.07. The minimum absolute atomic E-state index is 0.00615. The van der Waals surface area contributed by atoms with Gasteiger partial charge in [-0.15, -0.1) is 0 Å². The molecule has 0 saturated heterocycles. The van der Waals surface area contributed by atoms with Crippen LogP contribution in [-0.2, 0) is 19.1 Å². The van der Waals surface area contributed by atoms with Gasteiger partial charge in [0.05, 0.1) is 20.1 Å². The van der Waals surface area contributed by atoms with E-state index in [0.717, 1.165) is 0 Å². The summed E-state index contributed by atoms with van der Waals surface area (Å²) >= 11 is 0. The molecule has 0 aromatic heterocycles. The number of hydrogen-bond donors (Lipinski definition) is 1. The molecule has 168 valence electrons. The van der Waals surface area contributed by atoms with Gasteiger partial charge in [0.25, 0.3) is 5.91 Å². The minimum atomic E-state index is -0.883. The van der Waals surface area contributed by atoms with Crippen molar-refractivity contribution in [1.29, 1.82) is 0 Å². The highest BCUT2D eigenvalue weighted by Crippen LogP contribution is 2.16. The summed E-state index contributed by atoms with van der Waals surface area (Å²) in [6.07, 6.45) is 3.81. The largest absolute Gasteiger partial charge is 0.469 e. The summed E-state index contributed by atoms with van der Waals surface area (Å²) in [5.41, 5.74) is 0.954. The second kappa shape index (κ2) is 12.8. The van der Waals surface area contributed by atoms with Gasteiger partial charge in [-0.2, -0.15) is 0 Å². The molecule has 1 N–H and O–H groups in total. The maximum atomic E-state index is 12.5. The number of nitrogens with one attached hydrogen (secondary N) is 1. The average molecular weight is 437 g/mol. The fourth-order valence-electron chi connectivity index (χ4n) is 3.08. The van der Waals surface area contributed by atoms with Crippen molar-refractivity contribution in [3.63, 3.8) is 0 Å². The van der Waals surface area contributed by atoms with Crippen molar-refractivity contribution in [2.24, 2.45) is 5.92 Å². The van der Waals surface area contributed by atoms with Crippen LogP contribution < -0.4 is 5.32 Å². The lowest BCUT2D eigenvalue weighted by atomic mass is 9.95. The van der Waals surface area contributed by atoms with E-state index >= 15 is 0 Å². The Morgan fingerprint density at radius 3 is 1.88 bits per heavy atom. The van der Waals surface area contributed by atoms with Crippen LogP contribution in [0.1, 0.15) is 40.0 Å². The number of carbonyl (C=O) groups excluding carboxylic acids is 4. The van der Waals surface area contributed by atoms with E-state index in [1.165, 1.54) is 14.2 Å². The molecule has 0 fully saturated rings. The van der Waals surface area contributed by atoms with Crippen LogP contribution in [0.25, 0.3) is 0 Å². The molecule has 1 unspecified atom stereocenters. The summed E-state index contributed by atoms with van der Waals surface area (Å²) in [5.74, 6) is -2.27. The molecular formula is C25H27NO6. The van der Waals surface area contributed by atoms with Gasteiger partial charge in [-0.25, -0.2) is 4.79 Å². The lowest BCUT2D eigenvalue weighted by molar-refractivity contribution is -0.145. The molecule has 0 radical (unpaired) electrons. The maximum absolute atomic E-state index is 12.5. The molecule has 0 aliphatic rings. The van der Waals surface area contributed by atoms with Crippen LogP contribution in [0.5, 0.6) is 0 Å². The molecule has 0 saturated carbocycles. The summed E-state index contributed by atoms with van der Waals surface area (Å²) in [4.78, 5) is 49.0. The highest BCUT2D eigenvalue weighted by molar-refractivity contribution is 5.98. The smallest absolute Gasteiger partial charge is 0.328 e. The summed E-state index contributed by atoms with van der Waals surface area (Å²) in [6.45, 7) is 0. The molecule has 0 bridgehead atoms. The Balaban J connectivity index is 1.99. The van der Waals surface area contributed by atoms with Gasteiger partial charge in [-0.05, 0) is 25.0 Å². The van der Waals surface area contributed by atoms with E-state index in [1.54, 1.807) is 66.7 Å². The molecule has 0 spiro atoms. The quantitative estimate of drug-likeness (QED) is 0.329. The number of amides is 1. The molecule has 32 heavy (non-hydrogen) atoms. The Labute approximate surface area is 187 Å². The van der Waals surface area contributed by atoms with Gasteiger partial charge in [0.15, 0.2) is 5.78 Å². The SMILES string of the molecule is COC(=O)C(C/C=C/C[C@H](NC(=O)c1ccccc1)C(=O)OC)CC(=O)c1ccccc1. The van der Waals surface area contributed by atoms with Crippen LogP contribution in [0, 0.1) is 5.92 Å². The number of benzene rings is 2. The monoisotopic (exact) mass is 437 g/mol. The number of allylic oxidation sites excluding steroid dienone is 1. The van der Waals surface area contributed by atoms with Gasteiger partial charge in [0.2, 0.25) is 0 Å². The van der Waals surface area contributed by atoms with E-state index in [4.69, 9.17) is 9.47 Å². The molecule has 2 aromatic rings. The van der Waals surface area contributed by atoms with Gasteiger partial charge in [0, 0.05) is 17.5 Å². The fourth-order valence-corrected chi connectivity index (χ4v) is 3.08. The van der Waals surface area contributed by atoms with Crippen molar-refractivity contribution in [1.82, 2.24) is 5.32 Å². The Bertz CT molecular complexity index is 862. The van der Waals surface area contributed by atoms with Crippen molar-refractivity contribution in [3.05, 3.63) is 83.9 Å². The van der Waals surface area contributed by atoms with E-state index < -0.39 is 29.8 Å². The van der Waals surface area contributed by atoms with Gasteiger partial charge < -0.3 is 14.8 Å². The molecule has 0 heterocycles. The highest BCUT2D eigenvalue weighted by Gasteiger charge is 2.23. The topological polar surface area (TPSA) is 98.8 Å². The minimum Gasteiger partial charge on any atom is -0.469 e. The third-order valence-corrected chi connectivity index (χ3v) is 4.85. The third kappa shape index (κ3) is 7.50. The van der Waals surface area contributed by atoms with Crippen LogP contribution in [0.3, 0.4) is 0 Å². The number of hydrogen-bond acceptors (Lipinski definition) is 6. The zero-order valence-electron chi connectivity index (χ0n) is 18.2. The van der Waals surface area contributed by atoms with E-state index in [1.807, 2.05) is 6.07 Å². The van der Waals surface area contributed by atoms with Crippen LogP contribution in [0.2, 0.25) is 0 Å². The first-order chi connectivity index (χ1) is 15.5. The Kier molecular flexibility index (Phi) is 9.84. The molecular weight excluding hydrogens is 410 g/mol. The van der Waals surface area contributed by atoms with Crippen LogP contribution in [-0.4, -0.2) is 43.9 Å². The fraction of sp³-hybridized carbons (Fsp3) is 0.280. The first-order valence-corrected chi connectivity index (χ1v) is 10.2. The van der Waals surface area contributed by atoms with E-state index in [-0.39, 0.29) is 25.0 Å². The van der Waals surface area contributed by atoms with E-state index in [0.29, 0.717) is 11.1 Å². The summed E-state index contributed by atoms with van der Waals surface area (Å²) in [7, 11) is 2.52. The molecule has 0 aliphatic carbocycles. The van der Waals surface area contributed by atoms with E-state index in [9.17, 15) is 19.2 Å². The van der Waals surface area contributed by atoms with Crippen LogP contribution >= 0.6 is 0 Å². The zero-order chi connectivity index (χ0) is 23.3. The lowest BCUT2D eigenvalue weighted by Crippen LogP contribution is -2.41. The Hall–Kier alpha value is -3.74. The normalized spacial score (nSPS) is 12.6. The van der Waals surface area contributed by atoms with Crippen molar-refractivity contribution in [3.8, 4) is 0 Å². The molecule has 2 rings (SSSR count). The number of methoxy groups -OCH3 is 2. The first kappa shape index (κ1) is 24.5. The standard InChI is InChI=1S/C25H27NO6/c1-31-24(29)20(17-22(27)18-11-5-3-6-12-18)15-9-10-16-21(25(30)32-2)26-23(28)19-13-7-4-8-14-19/h3-14,20-21H,15-17H2,1-2H3,(H,26,28)/b10-9+/t20?,21-/m0/s1. The number of ether oxygens (including phenoxy) is 2. The predicted octanol–water partition coefficient (Wildman–Crippen LogP) is 3.36. The number of Topliss-reactive ketones (excluding diaryl/α,β-unsaturated/α-hetero) is 1. The van der Waals surface area contributed by atoms with Gasteiger partial charge >= 0.3 is 11.9 Å². The van der Waals surface area contributed by atoms with Crippen LogP contribution in [0.4, 0.5) is 0 Å². The van der Waals surface area contributed by atoms with Gasteiger partial charge in [-0.1, -0.05) is 60.7 Å². The predicted molar refractivity (Wildman–Crippen MR) is 119 cm³/mol. The third-order valence-electron chi connectivity index (χ3n) is 4.85. The highest BCUT2D eigenvalue weighted by atomic mass is 16.5.